The molecule has 0 aliphatic carbocycles. The summed E-state index contributed by atoms with van der Waals surface area (Å²) in [6.07, 6.45) is 0.625. The van der Waals surface area contributed by atoms with Crippen LogP contribution in [0.5, 0.6) is 5.75 Å². The Bertz CT molecular complexity index is 435. The number of aliphatic carboxylic acids is 2. The van der Waals surface area contributed by atoms with Crippen molar-refractivity contribution >= 4 is 23.7 Å². The summed E-state index contributed by atoms with van der Waals surface area (Å²) in [5.41, 5.74) is 0. The highest BCUT2D eigenvalue weighted by atomic mass is 32.2. The summed E-state index contributed by atoms with van der Waals surface area (Å²) in [6.45, 7) is 0. The number of hydrogen-bond donors (Lipinski definition) is 3. The van der Waals surface area contributed by atoms with Gasteiger partial charge in [0.1, 0.15) is 10.7 Å². The summed E-state index contributed by atoms with van der Waals surface area (Å²) < 4.78 is 0. The minimum absolute atomic E-state index is 0.0587. The highest BCUT2D eigenvalue weighted by Crippen LogP contribution is 2.27. The predicted octanol–water partition coefficient (Wildman–Crippen LogP) is 1.54. The van der Waals surface area contributed by atoms with Crippen LogP contribution in [0.15, 0.2) is 40.1 Å². The van der Waals surface area contributed by atoms with Crippen molar-refractivity contribution in [2.24, 2.45) is 0 Å². The lowest BCUT2D eigenvalue weighted by Gasteiger charge is -2.01. The van der Waals surface area contributed by atoms with Gasteiger partial charge in [-0.2, -0.15) is 0 Å². The zero-order chi connectivity index (χ0) is 12.1. The molecule has 0 saturated heterocycles. The maximum Gasteiger partial charge on any atom is 0.342 e. The number of carboxylic acid groups (broad SMARTS) is 2. The first-order chi connectivity index (χ1) is 7.49. The Kier molecular flexibility index (Phi) is 3.96. The lowest BCUT2D eigenvalue weighted by molar-refractivity contribution is -0.134. The van der Waals surface area contributed by atoms with Crippen molar-refractivity contribution in [2.75, 3.05) is 0 Å². The predicted molar refractivity (Wildman–Crippen MR) is 57.3 cm³/mol. The van der Waals surface area contributed by atoms with Crippen LogP contribution in [0.1, 0.15) is 0 Å². The van der Waals surface area contributed by atoms with E-state index in [1.54, 1.807) is 0 Å². The van der Waals surface area contributed by atoms with Crippen LogP contribution in [-0.4, -0.2) is 27.3 Å². The fourth-order valence-electron chi connectivity index (χ4n) is 0.888. The maximum atomic E-state index is 10.7. The molecule has 0 aliphatic heterocycles. The highest BCUT2D eigenvalue weighted by molar-refractivity contribution is 8.04. The van der Waals surface area contributed by atoms with E-state index >= 15 is 0 Å². The number of benzene rings is 1. The molecule has 0 bridgehead atoms. The Morgan fingerprint density at radius 1 is 1.12 bits per heavy atom. The van der Waals surface area contributed by atoms with Crippen molar-refractivity contribution in [3.63, 3.8) is 0 Å². The molecule has 6 heteroatoms. The second-order valence-corrected chi connectivity index (χ2v) is 3.86. The van der Waals surface area contributed by atoms with E-state index in [1.165, 1.54) is 24.3 Å². The van der Waals surface area contributed by atoms with Crippen molar-refractivity contribution in [1.82, 2.24) is 0 Å². The zero-order valence-electron chi connectivity index (χ0n) is 7.95. The van der Waals surface area contributed by atoms with Crippen LogP contribution in [0.3, 0.4) is 0 Å². The van der Waals surface area contributed by atoms with Gasteiger partial charge >= 0.3 is 11.9 Å². The summed E-state index contributed by atoms with van der Waals surface area (Å²) in [7, 11) is 0. The lowest BCUT2D eigenvalue weighted by Crippen LogP contribution is -2.00. The average Bonchev–Trinajstić information content (AvgIpc) is 2.19. The molecule has 3 N–H and O–H groups in total. The first kappa shape index (κ1) is 12.1. The molecule has 0 atom stereocenters. The van der Waals surface area contributed by atoms with Gasteiger partial charge in [0, 0.05) is 11.0 Å². The molecule has 0 aliphatic rings. The average molecular weight is 240 g/mol. The summed E-state index contributed by atoms with van der Waals surface area (Å²) >= 11 is 0.803. The van der Waals surface area contributed by atoms with Gasteiger partial charge in [-0.25, -0.2) is 9.59 Å². The van der Waals surface area contributed by atoms with Crippen molar-refractivity contribution in [1.29, 1.82) is 0 Å². The number of phenols is 1. The van der Waals surface area contributed by atoms with E-state index in [-0.39, 0.29) is 10.7 Å². The van der Waals surface area contributed by atoms with Gasteiger partial charge in [-0.3, -0.25) is 0 Å². The molecule has 0 aromatic heterocycles. The first-order valence-corrected chi connectivity index (χ1v) is 4.95. The summed E-state index contributed by atoms with van der Waals surface area (Å²) in [6, 6.07) is 5.78. The van der Waals surface area contributed by atoms with Crippen LogP contribution in [0, 0.1) is 0 Å². The molecule has 0 heterocycles. The maximum absolute atomic E-state index is 10.7. The molecule has 5 nitrogen and oxygen atoms in total. The smallest absolute Gasteiger partial charge is 0.342 e. The minimum atomic E-state index is -1.32. The van der Waals surface area contributed by atoms with Gasteiger partial charge in [0.2, 0.25) is 0 Å². The standard InChI is InChI=1S/C10H8O5S/c11-6-1-3-7(4-2-6)16-8(10(14)15)5-9(12)13/h1-5,11H,(H,12,13)(H,14,15)/b8-5-. The van der Waals surface area contributed by atoms with E-state index in [2.05, 4.69) is 0 Å². The lowest BCUT2D eigenvalue weighted by atomic mass is 10.3. The molecule has 0 spiro atoms. The van der Waals surface area contributed by atoms with E-state index in [0.29, 0.717) is 11.0 Å². The molecule has 0 fully saturated rings. The fraction of sp³-hybridized carbons (Fsp3) is 0. The third-order valence-corrected chi connectivity index (χ3v) is 2.55. The molecular formula is C10H8O5S. The molecular weight excluding hydrogens is 232 g/mol. The summed E-state index contributed by atoms with van der Waals surface area (Å²) in [5, 5.41) is 26.2. The number of carboxylic acids is 2. The normalized spacial score (nSPS) is 11.1. The van der Waals surface area contributed by atoms with Crippen LogP contribution in [-0.2, 0) is 9.59 Å². The van der Waals surface area contributed by atoms with Crippen molar-refractivity contribution in [3.8, 4) is 5.75 Å². The largest absolute Gasteiger partial charge is 0.508 e. The number of phenolic OH excluding ortho intramolecular Hbond substituents is 1. The molecule has 1 rings (SSSR count). The first-order valence-electron chi connectivity index (χ1n) is 4.14. The van der Waals surface area contributed by atoms with Gasteiger partial charge in [-0.1, -0.05) is 11.8 Å². The Hall–Kier alpha value is -1.95. The Balaban J connectivity index is 2.88. The number of rotatable bonds is 4. The molecule has 84 valence electrons. The molecule has 0 amide bonds. The van der Waals surface area contributed by atoms with Gasteiger partial charge in [-0.05, 0) is 24.3 Å². The Morgan fingerprint density at radius 3 is 2.12 bits per heavy atom. The summed E-state index contributed by atoms with van der Waals surface area (Å²) in [4.78, 5) is 21.3. The van der Waals surface area contributed by atoms with Crippen LogP contribution >= 0.6 is 11.8 Å². The second kappa shape index (κ2) is 5.22. The number of thioether (sulfide) groups is 1. The molecule has 1 aromatic carbocycles. The highest BCUT2D eigenvalue weighted by Gasteiger charge is 2.11. The van der Waals surface area contributed by atoms with Gasteiger partial charge in [0.05, 0.1) is 0 Å². The van der Waals surface area contributed by atoms with E-state index in [1.807, 2.05) is 0 Å². The molecule has 16 heavy (non-hydrogen) atoms. The van der Waals surface area contributed by atoms with Crippen molar-refractivity contribution in [2.45, 2.75) is 4.90 Å². The molecule has 1 aromatic rings. The van der Waals surface area contributed by atoms with Gasteiger partial charge in [0.15, 0.2) is 0 Å². The third-order valence-electron chi connectivity index (χ3n) is 1.53. The van der Waals surface area contributed by atoms with Gasteiger partial charge in [0.25, 0.3) is 0 Å². The number of carbonyl (C=O) groups is 2. The van der Waals surface area contributed by atoms with Gasteiger partial charge < -0.3 is 15.3 Å². The molecule has 0 unspecified atom stereocenters. The van der Waals surface area contributed by atoms with E-state index in [0.717, 1.165) is 11.8 Å². The minimum Gasteiger partial charge on any atom is -0.508 e. The van der Waals surface area contributed by atoms with E-state index in [9.17, 15) is 9.59 Å². The van der Waals surface area contributed by atoms with Crippen LogP contribution in [0.25, 0.3) is 0 Å². The monoisotopic (exact) mass is 240 g/mol. The quantitative estimate of drug-likeness (QED) is 0.545. The van der Waals surface area contributed by atoms with Crippen molar-refractivity contribution in [3.05, 3.63) is 35.2 Å². The van der Waals surface area contributed by atoms with E-state index in [4.69, 9.17) is 15.3 Å². The number of aromatic hydroxyl groups is 1. The van der Waals surface area contributed by atoms with Crippen LogP contribution < -0.4 is 0 Å². The SMILES string of the molecule is O=C(O)/C=C(\Sc1ccc(O)cc1)C(=O)O. The summed E-state index contributed by atoms with van der Waals surface area (Å²) in [5.74, 6) is -2.56. The molecule has 0 radical (unpaired) electrons. The van der Waals surface area contributed by atoms with E-state index < -0.39 is 11.9 Å². The number of hydrogen-bond acceptors (Lipinski definition) is 4. The Labute approximate surface area is 95.0 Å². The second-order valence-electron chi connectivity index (χ2n) is 2.75. The zero-order valence-corrected chi connectivity index (χ0v) is 8.77. The third kappa shape index (κ3) is 3.66. The van der Waals surface area contributed by atoms with Crippen LogP contribution in [0.2, 0.25) is 0 Å². The van der Waals surface area contributed by atoms with Gasteiger partial charge in [-0.15, -0.1) is 0 Å². The Morgan fingerprint density at radius 2 is 1.69 bits per heavy atom. The fourth-order valence-corrected chi connectivity index (χ4v) is 1.66. The topological polar surface area (TPSA) is 94.8 Å². The van der Waals surface area contributed by atoms with Crippen molar-refractivity contribution < 1.29 is 24.9 Å². The van der Waals surface area contributed by atoms with Crippen LogP contribution in [0.4, 0.5) is 0 Å². The molecule has 0 saturated carbocycles.